The molecule has 2 aromatic carbocycles. The van der Waals surface area contributed by atoms with Crippen molar-refractivity contribution < 1.29 is 84.4 Å². The molecule has 0 saturated heterocycles. The third kappa shape index (κ3) is 18.9. The Balaban J connectivity index is -0.000000749. The number of hydrogen-bond donors (Lipinski definition) is 0. The van der Waals surface area contributed by atoms with Crippen molar-refractivity contribution in [3.05, 3.63) is 158 Å². The van der Waals surface area contributed by atoms with Gasteiger partial charge in [0.05, 0.1) is 9.79 Å². The van der Waals surface area contributed by atoms with Crippen molar-refractivity contribution in [1.29, 1.82) is 0 Å². The minimum atomic E-state index is -4.27. The van der Waals surface area contributed by atoms with Crippen molar-refractivity contribution in [2.75, 3.05) is 0 Å². The van der Waals surface area contributed by atoms with Crippen molar-refractivity contribution in [2.45, 2.75) is 23.6 Å². The van der Waals surface area contributed by atoms with Gasteiger partial charge in [-0.3, -0.25) is 19.9 Å². The Morgan fingerprint density at radius 3 is 0.746 bits per heavy atom. The summed E-state index contributed by atoms with van der Waals surface area (Å²) >= 11 is 0. The van der Waals surface area contributed by atoms with Crippen LogP contribution < -0.4 is 0 Å². The molecule has 0 spiro atoms. The van der Waals surface area contributed by atoms with Gasteiger partial charge in [0.1, 0.15) is 20.2 Å². The maximum absolute atomic E-state index is 10.4. The second kappa shape index (κ2) is 28.8. The number of benzene rings is 2. The van der Waals surface area contributed by atoms with E-state index < -0.39 is 20.2 Å². The van der Waals surface area contributed by atoms with Gasteiger partial charge in [0, 0.05) is 71.8 Å². The zero-order valence-electron chi connectivity index (χ0n) is 33.2. The molecule has 0 unspecified atom stereocenters. The number of hydrogen-bond acceptors (Lipinski definition) is 16. The molecule has 0 saturated carbocycles. The smallest absolute Gasteiger partial charge is 0.744 e. The second-order valence-electron chi connectivity index (χ2n) is 11.3. The van der Waals surface area contributed by atoms with Crippen LogP contribution in [-0.2, 0) is 58.9 Å². The molecule has 22 nitrogen and oxygen atoms in total. The Hall–Kier alpha value is -6.59. The van der Waals surface area contributed by atoms with Crippen LogP contribution in [0.4, 0.5) is 0 Å². The van der Waals surface area contributed by atoms with E-state index in [1.165, 1.54) is 24.3 Å². The zero-order chi connectivity index (χ0) is 40.0. The molecule has 0 amide bonds. The summed E-state index contributed by atoms with van der Waals surface area (Å²) in [5, 5.41) is 16.0. The second-order valence-corrected chi connectivity index (χ2v) is 14.1. The number of rotatable bonds is 6. The van der Waals surface area contributed by atoms with Crippen LogP contribution in [0.5, 0.6) is 0 Å². The van der Waals surface area contributed by atoms with E-state index in [-0.39, 0.29) is 59.4 Å². The quantitative estimate of drug-likeness (QED) is 0.165. The summed E-state index contributed by atoms with van der Waals surface area (Å²) in [6, 6.07) is 26.2. The molecule has 6 heterocycles. The van der Waals surface area contributed by atoms with Crippen molar-refractivity contribution in [1.82, 2.24) is 40.3 Å². The molecule has 0 bridgehead atoms. The van der Waals surface area contributed by atoms with Crippen LogP contribution in [0.25, 0.3) is 45.8 Å². The molecule has 0 fully saturated rings. The largest absolute Gasteiger partial charge is 2.00 e. The Kier molecular flexibility index (Phi) is 27.8. The minimum Gasteiger partial charge on any atom is -0.744 e. The van der Waals surface area contributed by atoms with Crippen LogP contribution in [0.15, 0.2) is 165 Å². The van der Waals surface area contributed by atoms with E-state index >= 15 is 0 Å². The number of nitrogens with zero attached hydrogens (tertiary/aromatic N) is 8. The van der Waals surface area contributed by atoms with E-state index in [1.54, 1.807) is 73.8 Å². The predicted molar refractivity (Wildman–Crippen MR) is 227 cm³/mol. The van der Waals surface area contributed by atoms with E-state index in [1.807, 2.05) is 62.4 Å². The van der Waals surface area contributed by atoms with Gasteiger partial charge in [-0.25, -0.2) is 16.8 Å². The molecule has 6 aromatic heterocycles. The standard InChI is InChI=1S/2C12H8N4O.2C7H8O3S.Co.6H2O/c2*1-5-13-6-2-9(1)11-15-16-12(17-11)10-3-7-14-8-4-10;2*1-6-2-4-7(5-3-6)11(8,9)10;;;;;;;/h2*1-8H;2*2-5H,1H3,(H,8,9,10);;6*1H2/q;;;;+2;;;;;;/p+2. The van der Waals surface area contributed by atoms with Gasteiger partial charge in [-0.1, -0.05) is 35.4 Å². The summed E-state index contributed by atoms with van der Waals surface area (Å²) in [6.07, 6.45) is 13.5. The molecule has 8 aromatic rings. The van der Waals surface area contributed by atoms with Crippen LogP contribution in [-0.4, -0.2) is 77.2 Å². The summed E-state index contributed by atoms with van der Waals surface area (Å²) in [5.41, 5.74) is 5.27. The Bertz CT molecular complexity index is 2360. The summed E-state index contributed by atoms with van der Waals surface area (Å²) in [5.74, 6) is 1.94. The van der Waals surface area contributed by atoms with E-state index in [2.05, 4.69) is 40.3 Å². The maximum atomic E-state index is 10.4. The molecule has 25 heteroatoms. The summed E-state index contributed by atoms with van der Waals surface area (Å²) < 4.78 is 73.5. The predicted octanol–water partition coefficient (Wildman–Crippen LogP) is 0.846. The molecule has 0 atom stereocenters. The third-order valence-electron chi connectivity index (χ3n) is 7.18. The van der Waals surface area contributed by atoms with Crippen molar-refractivity contribution in [2.24, 2.45) is 0 Å². The fourth-order valence-corrected chi connectivity index (χ4v) is 5.24. The van der Waals surface area contributed by atoms with Gasteiger partial charge in [-0.15, -0.1) is 20.4 Å². The first-order valence-electron chi connectivity index (χ1n) is 16.2. The Morgan fingerprint density at radius 2 is 0.571 bits per heavy atom. The van der Waals surface area contributed by atoms with Crippen molar-refractivity contribution >= 4 is 20.2 Å². The van der Waals surface area contributed by atoms with Crippen LogP contribution >= 0.6 is 0 Å². The average molecular weight is 962 g/mol. The minimum absolute atomic E-state index is 0. The van der Waals surface area contributed by atoms with Gasteiger partial charge in [0.25, 0.3) is 0 Å². The summed E-state index contributed by atoms with van der Waals surface area (Å²) in [6.45, 7) is 3.64. The molecule has 0 aliphatic rings. The maximum Gasteiger partial charge on any atom is 2.00 e. The fourth-order valence-electron chi connectivity index (χ4n) is 4.30. The molecule has 63 heavy (non-hydrogen) atoms. The number of pyridine rings is 4. The molecular formula is C38H46CoN8O14S2+4. The summed E-state index contributed by atoms with van der Waals surface area (Å²) in [7, 11) is -8.54. The average Bonchev–Trinajstić information content (AvgIpc) is 3.92. The normalized spacial score (nSPS) is 9.59. The Labute approximate surface area is 370 Å². The fraction of sp³-hybridized carbons (Fsp3) is 0.0526. The first-order chi connectivity index (χ1) is 26.9. The molecule has 0 aliphatic carbocycles. The Morgan fingerprint density at radius 1 is 0.381 bits per heavy atom. The molecule has 8 rings (SSSR count). The zero-order valence-corrected chi connectivity index (χ0v) is 35.8. The van der Waals surface area contributed by atoms with Gasteiger partial charge >= 0.3 is 16.8 Å². The van der Waals surface area contributed by atoms with Gasteiger partial charge in [0.15, 0.2) is 0 Å². The van der Waals surface area contributed by atoms with Gasteiger partial charge < -0.3 is 50.8 Å². The number of aromatic nitrogens is 8. The third-order valence-corrected chi connectivity index (χ3v) is 8.88. The molecule has 339 valence electrons. The molecule has 0 aliphatic heterocycles. The first kappa shape index (κ1) is 60.7. The topological polar surface area (TPSA) is 439 Å². The molecular weight excluding hydrogens is 916 g/mol. The van der Waals surface area contributed by atoms with Crippen LogP contribution in [0, 0.1) is 13.8 Å². The summed E-state index contributed by atoms with van der Waals surface area (Å²) in [4.78, 5) is 15.4. The van der Waals surface area contributed by atoms with Gasteiger partial charge in [0.2, 0.25) is 23.6 Å². The van der Waals surface area contributed by atoms with Crippen LogP contribution in [0.3, 0.4) is 0 Å². The van der Waals surface area contributed by atoms with E-state index in [0.717, 1.165) is 33.4 Å². The molecule has 1 radical (unpaired) electrons. The molecule has 16 N–H and O–H groups in total. The van der Waals surface area contributed by atoms with E-state index in [4.69, 9.17) is 8.83 Å². The SMILES string of the molecule is Cc1ccc(S(=O)(=O)[O-])cc1.Cc1ccc(S(=O)(=O)[O-])cc1.O.O.[Co+2].[OH3+].[OH3+].[OH3+].[OH3+].c1cc(-c2nnc(-c3ccncc3)o2)ccn1.c1cc(-c2nnc(-c3ccncc3)o2)ccn1. The van der Waals surface area contributed by atoms with Crippen molar-refractivity contribution in [3.8, 4) is 45.8 Å². The van der Waals surface area contributed by atoms with Gasteiger partial charge in [-0.2, -0.15) is 0 Å². The van der Waals surface area contributed by atoms with Crippen LogP contribution in [0.1, 0.15) is 11.1 Å². The van der Waals surface area contributed by atoms with E-state index in [0.29, 0.717) is 23.6 Å². The van der Waals surface area contributed by atoms with E-state index in [9.17, 15) is 25.9 Å². The van der Waals surface area contributed by atoms with Crippen LogP contribution in [0.2, 0.25) is 0 Å². The van der Waals surface area contributed by atoms with Gasteiger partial charge in [-0.05, 0) is 86.6 Å². The monoisotopic (exact) mass is 961 g/mol. The van der Waals surface area contributed by atoms with Crippen molar-refractivity contribution in [3.63, 3.8) is 0 Å². The number of aryl methyl sites for hydroxylation is 2. The first-order valence-corrected chi connectivity index (χ1v) is 19.0.